The maximum atomic E-state index is 12.3. The second kappa shape index (κ2) is 4.24. The Morgan fingerprint density at radius 3 is 2.83 bits per heavy atom. The summed E-state index contributed by atoms with van der Waals surface area (Å²) in [5, 5.41) is 9.99. The van der Waals surface area contributed by atoms with Crippen LogP contribution in [0.1, 0.15) is 41.8 Å². The minimum Gasteiger partial charge on any atom is -0.468 e. The zero-order valence-corrected chi connectivity index (χ0v) is 9.96. The third kappa shape index (κ3) is 1.66. The number of nitrogens with zero attached hydrogens (tertiary/aromatic N) is 1. The third-order valence-corrected chi connectivity index (χ3v) is 3.80. The van der Waals surface area contributed by atoms with Gasteiger partial charge in [-0.1, -0.05) is 12.8 Å². The summed E-state index contributed by atoms with van der Waals surface area (Å²) < 4.78 is 5.13. The van der Waals surface area contributed by atoms with E-state index in [1.807, 2.05) is 0 Å². The van der Waals surface area contributed by atoms with Crippen LogP contribution in [-0.4, -0.2) is 34.0 Å². The van der Waals surface area contributed by atoms with Crippen molar-refractivity contribution in [2.75, 3.05) is 0 Å². The van der Waals surface area contributed by atoms with Gasteiger partial charge in [0.15, 0.2) is 0 Å². The lowest BCUT2D eigenvalue weighted by Gasteiger charge is -2.37. The van der Waals surface area contributed by atoms with Gasteiger partial charge in [-0.3, -0.25) is 14.5 Å². The van der Waals surface area contributed by atoms with E-state index >= 15 is 0 Å². The molecule has 1 N–H and O–H groups in total. The van der Waals surface area contributed by atoms with E-state index in [0.29, 0.717) is 24.2 Å². The van der Waals surface area contributed by atoms with Crippen LogP contribution in [0.15, 0.2) is 16.7 Å². The van der Waals surface area contributed by atoms with Crippen LogP contribution in [0, 0.1) is 0 Å². The van der Waals surface area contributed by atoms with Gasteiger partial charge in [0.05, 0.1) is 30.4 Å². The fourth-order valence-corrected chi connectivity index (χ4v) is 2.86. The zero-order valence-electron chi connectivity index (χ0n) is 9.96. The van der Waals surface area contributed by atoms with Gasteiger partial charge < -0.3 is 9.52 Å². The summed E-state index contributed by atoms with van der Waals surface area (Å²) >= 11 is 0. The summed E-state index contributed by atoms with van der Waals surface area (Å²) in [6.07, 6.45) is 4.17. The lowest BCUT2D eigenvalue weighted by molar-refractivity contribution is -0.133. The molecule has 1 aromatic rings. The Labute approximate surface area is 104 Å². The molecule has 96 valence electrons. The summed E-state index contributed by atoms with van der Waals surface area (Å²) in [5.74, 6) is -0.166. The average molecular weight is 249 g/mol. The molecule has 1 fully saturated rings. The predicted octanol–water partition coefficient (Wildman–Crippen LogP) is 1.11. The van der Waals surface area contributed by atoms with Gasteiger partial charge in [-0.2, -0.15) is 0 Å². The SMILES string of the molecule is O=C1Cc2occc2C(=O)N1C1CCCCC1O. The van der Waals surface area contributed by atoms with Crippen LogP contribution in [0.3, 0.4) is 0 Å². The monoisotopic (exact) mass is 249 g/mol. The maximum absolute atomic E-state index is 12.3. The molecule has 18 heavy (non-hydrogen) atoms. The van der Waals surface area contributed by atoms with E-state index in [1.54, 1.807) is 6.07 Å². The van der Waals surface area contributed by atoms with Gasteiger partial charge in [-0.15, -0.1) is 0 Å². The van der Waals surface area contributed by atoms with Crippen molar-refractivity contribution in [1.29, 1.82) is 0 Å². The van der Waals surface area contributed by atoms with Crippen molar-refractivity contribution in [1.82, 2.24) is 4.90 Å². The number of hydrogen-bond acceptors (Lipinski definition) is 4. The highest BCUT2D eigenvalue weighted by Gasteiger charge is 2.40. The predicted molar refractivity (Wildman–Crippen MR) is 61.9 cm³/mol. The lowest BCUT2D eigenvalue weighted by Crippen LogP contribution is -2.53. The number of imide groups is 1. The number of carbonyl (C=O) groups is 2. The molecule has 2 atom stereocenters. The maximum Gasteiger partial charge on any atom is 0.264 e. The molecule has 2 unspecified atom stereocenters. The van der Waals surface area contributed by atoms with E-state index in [2.05, 4.69) is 0 Å². The van der Waals surface area contributed by atoms with Crippen LogP contribution in [0.2, 0.25) is 0 Å². The van der Waals surface area contributed by atoms with Crippen LogP contribution in [0.25, 0.3) is 0 Å². The molecule has 1 aromatic heterocycles. The van der Waals surface area contributed by atoms with Crippen LogP contribution in [0.5, 0.6) is 0 Å². The molecule has 1 aliphatic heterocycles. The van der Waals surface area contributed by atoms with E-state index in [9.17, 15) is 14.7 Å². The van der Waals surface area contributed by atoms with Crippen molar-refractivity contribution >= 4 is 11.8 Å². The first-order chi connectivity index (χ1) is 8.68. The van der Waals surface area contributed by atoms with Crippen molar-refractivity contribution in [2.45, 2.75) is 44.2 Å². The van der Waals surface area contributed by atoms with Crippen molar-refractivity contribution in [2.24, 2.45) is 0 Å². The minimum absolute atomic E-state index is 0.108. The number of rotatable bonds is 1. The number of furan rings is 1. The topological polar surface area (TPSA) is 70.8 Å². The zero-order chi connectivity index (χ0) is 12.7. The largest absolute Gasteiger partial charge is 0.468 e. The second-order valence-corrected chi connectivity index (χ2v) is 4.92. The molecular weight excluding hydrogens is 234 g/mol. The molecule has 1 aliphatic carbocycles. The van der Waals surface area contributed by atoms with Gasteiger partial charge in [-0.25, -0.2) is 0 Å². The Kier molecular flexibility index (Phi) is 2.70. The first-order valence-electron chi connectivity index (χ1n) is 6.29. The normalized spacial score (nSPS) is 28.4. The molecule has 0 spiro atoms. The van der Waals surface area contributed by atoms with Crippen LogP contribution in [-0.2, 0) is 11.2 Å². The smallest absolute Gasteiger partial charge is 0.264 e. The number of hydrogen-bond donors (Lipinski definition) is 1. The van der Waals surface area contributed by atoms with Crippen LogP contribution >= 0.6 is 0 Å². The van der Waals surface area contributed by atoms with Gasteiger partial charge in [0.2, 0.25) is 5.91 Å². The van der Waals surface area contributed by atoms with E-state index in [-0.39, 0.29) is 24.3 Å². The number of amides is 2. The highest BCUT2D eigenvalue weighted by Crippen LogP contribution is 2.29. The number of fused-ring (bicyclic) bond motifs is 1. The number of aliphatic hydroxyl groups excluding tert-OH is 1. The van der Waals surface area contributed by atoms with Gasteiger partial charge >= 0.3 is 0 Å². The molecule has 5 nitrogen and oxygen atoms in total. The first kappa shape index (κ1) is 11.5. The summed E-state index contributed by atoms with van der Waals surface area (Å²) in [6.45, 7) is 0. The van der Waals surface area contributed by atoms with Crippen molar-refractivity contribution < 1.29 is 19.1 Å². The Balaban J connectivity index is 1.93. The Morgan fingerprint density at radius 2 is 2.06 bits per heavy atom. The second-order valence-electron chi connectivity index (χ2n) is 4.92. The highest BCUT2D eigenvalue weighted by molar-refractivity contribution is 6.09. The van der Waals surface area contributed by atoms with Crippen LogP contribution < -0.4 is 0 Å². The minimum atomic E-state index is -0.597. The molecule has 2 aliphatic rings. The molecule has 0 bridgehead atoms. The highest BCUT2D eigenvalue weighted by atomic mass is 16.3. The molecule has 0 aromatic carbocycles. The molecule has 0 radical (unpaired) electrons. The molecule has 1 saturated carbocycles. The first-order valence-corrected chi connectivity index (χ1v) is 6.29. The Hall–Kier alpha value is -1.62. The van der Waals surface area contributed by atoms with E-state index in [4.69, 9.17) is 4.42 Å². The average Bonchev–Trinajstić information content (AvgIpc) is 2.79. The fraction of sp³-hybridized carbons (Fsp3) is 0.538. The van der Waals surface area contributed by atoms with Gasteiger partial charge in [0, 0.05) is 0 Å². The molecule has 0 saturated heterocycles. The summed E-state index contributed by atoms with van der Waals surface area (Å²) in [5.41, 5.74) is 0.451. The Morgan fingerprint density at radius 1 is 1.28 bits per heavy atom. The lowest BCUT2D eigenvalue weighted by atomic mass is 9.89. The van der Waals surface area contributed by atoms with E-state index in [0.717, 1.165) is 12.8 Å². The third-order valence-electron chi connectivity index (χ3n) is 3.80. The van der Waals surface area contributed by atoms with E-state index in [1.165, 1.54) is 11.2 Å². The number of aliphatic hydroxyl groups is 1. The number of carbonyl (C=O) groups excluding carboxylic acids is 2. The summed E-state index contributed by atoms with van der Waals surface area (Å²) in [7, 11) is 0. The molecular formula is C13H15NO4. The Bertz CT molecular complexity index is 493. The van der Waals surface area contributed by atoms with Crippen LogP contribution in [0.4, 0.5) is 0 Å². The molecule has 2 heterocycles. The van der Waals surface area contributed by atoms with Gasteiger partial charge in [0.1, 0.15) is 5.76 Å². The standard InChI is InChI=1S/C13H15NO4/c15-10-4-2-1-3-9(10)14-12(16)7-11-8(13(14)17)5-6-18-11/h5-6,9-10,15H,1-4,7H2. The quantitative estimate of drug-likeness (QED) is 0.757. The molecule has 5 heteroatoms. The van der Waals surface area contributed by atoms with Crippen molar-refractivity contribution in [3.63, 3.8) is 0 Å². The molecule has 2 amide bonds. The summed E-state index contributed by atoms with van der Waals surface area (Å²) in [6, 6.07) is 1.22. The van der Waals surface area contributed by atoms with Gasteiger partial charge in [0.25, 0.3) is 5.91 Å². The molecule has 3 rings (SSSR count). The van der Waals surface area contributed by atoms with Gasteiger partial charge in [-0.05, 0) is 18.9 Å². The fourth-order valence-electron chi connectivity index (χ4n) is 2.86. The van der Waals surface area contributed by atoms with E-state index < -0.39 is 6.10 Å². The van der Waals surface area contributed by atoms with Crippen molar-refractivity contribution in [3.05, 3.63) is 23.7 Å². The summed E-state index contributed by atoms with van der Waals surface area (Å²) in [4.78, 5) is 25.5. The van der Waals surface area contributed by atoms with Crippen molar-refractivity contribution in [3.8, 4) is 0 Å².